The second-order valence-corrected chi connectivity index (χ2v) is 2.41. The fraction of sp³-hybridized carbons (Fsp3) is 0.333. The van der Waals surface area contributed by atoms with E-state index in [1.54, 1.807) is 0 Å². The molecule has 0 heterocycles. The molecular formula is C9H16Cl2N2. The van der Waals surface area contributed by atoms with Gasteiger partial charge in [-0.15, -0.1) is 24.8 Å². The summed E-state index contributed by atoms with van der Waals surface area (Å²) in [6, 6.07) is 10.4. The van der Waals surface area contributed by atoms with Crippen molar-refractivity contribution >= 4 is 24.8 Å². The van der Waals surface area contributed by atoms with Crippen LogP contribution < -0.4 is 10.9 Å². The SMILES string of the molecule is CNNCCc1ccccc1.Cl.Cl. The van der Waals surface area contributed by atoms with Gasteiger partial charge in [-0.1, -0.05) is 30.3 Å². The minimum absolute atomic E-state index is 0. The monoisotopic (exact) mass is 222 g/mol. The Morgan fingerprint density at radius 3 is 2.23 bits per heavy atom. The number of hydrazine groups is 1. The lowest BCUT2D eigenvalue weighted by atomic mass is 10.2. The minimum atomic E-state index is 0. The Balaban J connectivity index is 0. The molecule has 1 aromatic rings. The predicted molar refractivity (Wildman–Crippen MR) is 61.7 cm³/mol. The van der Waals surface area contributed by atoms with Crippen molar-refractivity contribution in [2.24, 2.45) is 0 Å². The summed E-state index contributed by atoms with van der Waals surface area (Å²) in [5, 5.41) is 0. The fourth-order valence-electron chi connectivity index (χ4n) is 0.977. The molecule has 1 aromatic carbocycles. The maximum atomic E-state index is 3.05. The van der Waals surface area contributed by atoms with E-state index in [1.807, 2.05) is 13.1 Å². The molecule has 1 rings (SSSR count). The Morgan fingerprint density at radius 1 is 1.08 bits per heavy atom. The number of nitrogens with one attached hydrogen (secondary N) is 2. The standard InChI is InChI=1S/C9H14N2.2ClH/c1-10-11-8-7-9-5-3-2-4-6-9;;/h2-6,10-11H,7-8H2,1H3;2*1H. The molecule has 0 aliphatic heterocycles. The van der Waals surface area contributed by atoms with Gasteiger partial charge in [-0.2, -0.15) is 0 Å². The molecule has 0 fully saturated rings. The van der Waals surface area contributed by atoms with Crippen LogP contribution in [0.1, 0.15) is 5.56 Å². The third kappa shape index (κ3) is 6.84. The quantitative estimate of drug-likeness (QED) is 0.600. The van der Waals surface area contributed by atoms with Crippen molar-refractivity contribution in [3.05, 3.63) is 35.9 Å². The Morgan fingerprint density at radius 2 is 1.69 bits per heavy atom. The van der Waals surface area contributed by atoms with E-state index in [-0.39, 0.29) is 24.8 Å². The Bertz CT molecular complexity index is 192. The second-order valence-electron chi connectivity index (χ2n) is 2.41. The van der Waals surface area contributed by atoms with Gasteiger partial charge >= 0.3 is 0 Å². The Hall–Kier alpha value is -0.280. The van der Waals surface area contributed by atoms with E-state index in [0.29, 0.717) is 0 Å². The van der Waals surface area contributed by atoms with Gasteiger partial charge in [0.25, 0.3) is 0 Å². The molecule has 4 heteroatoms. The van der Waals surface area contributed by atoms with Crippen molar-refractivity contribution in [3.63, 3.8) is 0 Å². The van der Waals surface area contributed by atoms with E-state index in [2.05, 4.69) is 35.1 Å². The Kier molecular flexibility index (Phi) is 11.5. The summed E-state index contributed by atoms with van der Waals surface area (Å²) in [7, 11) is 1.88. The van der Waals surface area contributed by atoms with Crippen molar-refractivity contribution in [1.82, 2.24) is 10.9 Å². The Labute approximate surface area is 91.9 Å². The number of hydrogen-bond acceptors (Lipinski definition) is 2. The van der Waals surface area contributed by atoms with E-state index < -0.39 is 0 Å². The van der Waals surface area contributed by atoms with Gasteiger partial charge in [0.2, 0.25) is 0 Å². The molecule has 0 amide bonds. The highest BCUT2D eigenvalue weighted by atomic mass is 35.5. The van der Waals surface area contributed by atoms with Crippen LogP contribution in [0.2, 0.25) is 0 Å². The first-order valence-corrected chi connectivity index (χ1v) is 3.87. The number of rotatable bonds is 4. The van der Waals surface area contributed by atoms with E-state index in [4.69, 9.17) is 0 Å². The van der Waals surface area contributed by atoms with Gasteiger partial charge in [0.1, 0.15) is 0 Å². The number of benzene rings is 1. The first-order valence-electron chi connectivity index (χ1n) is 3.87. The van der Waals surface area contributed by atoms with Gasteiger partial charge < -0.3 is 0 Å². The van der Waals surface area contributed by atoms with Crippen molar-refractivity contribution in [2.45, 2.75) is 6.42 Å². The molecule has 13 heavy (non-hydrogen) atoms. The van der Waals surface area contributed by atoms with Gasteiger partial charge in [0.05, 0.1) is 0 Å². The molecule has 0 aliphatic carbocycles. The molecule has 0 spiro atoms. The molecule has 0 bridgehead atoms. The molecule has 0 atom stereocenters. The highest BCUT2D eigenvalue weighted by Crippen LogP contribution is 1.97. The maximum Gasteiger partial charge on any atom is 0.0140 e. The average Bonchev–Trinajstić information content (AvgIpc) is 2.07. The van der Waals surface area contributed by atoms with Crippen LogP contribution in [0.15, 0.2) is 30.3 Å². The van der Waals surface area contributed by atoms with E-state index in [0.717, 1.165) is 13.0 Å². The van der Waals surface area contributed by atoms with Crippen LogP contribution in [0.25, 0.3) is 0 Å². The first-order chi connectivity index (χ1) is 5.43. The molecule has 0 saturated heterocycles. The summed E-state index contributed by atoms with van der Waals surface area (Å²) >= 11 is 0. The van der Waals surface area contributed by atoms with Gasteiger partial charge in [-0.25, -0.2) is 0 Å². The first kappa shape index (κ1) is 15.2. The highest BCUT2D eigenvalue weighted by Gasteiger charge is 1.88. The molecule has 76 valence electrons. The van der Waals surface area contributed by atoms with Crippen LogP contribution >= 0.6 is 24.8 Å². The predicted octanol–water partition coefficient (Wildman–Crippen LogP) is 1.80. The van der Waals surface area contributed by atoms with Crippen LogP contribution in [-0.2, 0) is 6.42 Å². The smallest absolute Gasteiger partial charge is 0.0140 e. The molecule has 2 N–H and O–H groups in total. The normalized spacial score (nSPS) is 8.38. The molecule has 0 aliphatic rings. The molecule has 0 radical (unpaired) electrons. The maximum absolute atomic E-state index is 3.05. The largest absolute Gasteiger partial charge is 0.261 e. The van der Waals surface area contributed by atoms with E-state index in [9.17, 15) is 0 Å². The van der Waals surface area contributed by atoms with Gasteiger partial charge in [-0.3, -0.25) is 10.9 Å². The zero-order chi connectivity index (χ0) is 7.94. The van der Waals surface area contributed by atoms with Crippen molar-refractivity contribution in [3.8, 4) is 0 Å². The average molecular weight is 223 g/mol. The summed E-state index contributed by atoms with van der Waals surface area (Å²) in [5.41, 5.74) is 7.31. The third-order valence-electron chi connectivity index (χ3n) is 1.56. The summed E-state index contributed by atoms with van der Waals surface area (Å²) in [5.74, 6) is 0. The summed E-state index contributed by atoms with van der Waals surface area (Å²) < 4.78 is 0. The van der Waals surface area contributed by atoms with Crippen LogP contribution in [0.3, 0.4) is 0 Å². The molecular weight excluding hydrogens is 207 g/mol. The minimum Gasteiger partial charge on any atom is -0.261 e. The lowest BCUT2D eigenvalue weighted by Crippen LogP contribution is -2.29. The fourth-order valence-corrected chi connectivity index (χ4v) is 0.977. The van der Waals surface area contributed by atoms with Gasteiger partial charge in [0, 0.05) is 6.54 Å². The topological polar surface area (TPSA) is 24.1 Å². The lowest BCUT2D eigenvalue weighted by molar-refractivity contribution is 0.597. The van der Waals surface area contributed by atoms with Crippen molar-refractivity contribution in [1.29, 1.82) is 0 Å². The lowest BCUT2D eigenvalue weighted by Gasteiger charge is -2.01. The molecule has 0 aromatic heterocycles. The zero-order valence-corrected chi connectivity index (χ0v) is 9.25. The second kappa shape index (κ2) is 9.81. The van der Waals surface area contributed by atoms with Crippen molar-refractivity contribution in [2.75, 3.05) is 13.6 Å². The van der Waals surface area contributed by atoms with Crippen LogP contribution in [0.4, 0.5) is 0 Å². The van der Waals surface area contributed by atoms with E-state index >= 15 is 0 Å². The summed E-state index contributed by atoms with van der Waals surface area (Å²) in [6.45, 7) is 0.973. The van der Waals surface area contributed by atoms with Crippen LogP contribution in [0, 0.1) is 0 Å². The number of halogens is 2. The number of hydrogen-bond donors (Lipinski definition) is 2. The van der Waals surface area contributed by atoms with Gasteiger partial charge in [0.15, 0.2) is 0 Å². The molecule has 0 saturated carbocycles. The van der Waals surface area contributed by atoms with Crippen molar-refractivity contribution < 1.29 is 0 Å². The third-order valence-corrected chi connectivity index (χ3v) is 1.56. The van der Waals surface area contributed by atoms with Gasteiger partial charge in [-0.05, 0) is 19.0 Å². The van der Waals surface area contributed by atoms with E-state index in [1.165, 1.54) is 5.56 Å². The summed E-state index contributed by atoms with van der Waals surface area (Å²) in [6.07, 6.45) is 1.07. The van der Waals surface area contributed by atoms with Crippen LogP contribution in [0.5, 0.6) is 0 Å². The zero-order valence-electron chi connectivity index (χ0n) is 7.62. The van der Waals surface area contributed by atoms with Crippen LogP contribution in [-0.4, -0.2) is 13.6 Å². The molecule has 0 unspecified atom stereocenters. The molecule has 2 nitrogen and oxygen atoms in total. The summed E-state index contributed by atoms with van der Waals surface area (Å²) in [4.78, 5) is 0. The highest BCUT2D eigenvalue weighted by molar-refractivity contribution is 5.85.